The topological polar surface area (TPSA) is 63.7 Å². The predicted octanol–water partition coefficient (Wildman–Crippen LogP) is 3.52. The van der Waals surface area contributed by atoms with Gasteiger partial charge in [0.05, 0.1) is 11.1 Å². The lowest BCUT2D eigenvalue weighted by molar-refractivity contribution is -0.119. The van der Waals surface area contributed by atoms with Crippen LogP contribution in [0.5, 0.6) is 0 Å². The normalized spacial score (nSPS) is 14.1. The maximum Gasteiger partial charge on any atom is 0.338 e. The largest absolute Gasteiger partial charge is 0.454 e. The molecule has 2 aromatic carbocycles. The van der Waals surface area contributed by atoms with E-state index in [2.05, 4.69) is 0 Å². The van der Waals surface area contributed by atoms with Gasteiger partial charge in [-0.1, -0.05) is 0 Å². The van der Waals surface area contributed by atoms with Crippen LogP contribution < -0.4 is 4.90 Å². The molecule has 3 rings (SSSR count). The van der Waals surface area contributed by atoms with Gasteiger partial charge in [-0.05, 0) is 55.3 Å². The first kappa shape index (κ1) is 18.7. The zero-order valence-corrected chi connectivity index (χ0v) is 14.4. The Morgan fingerprint density at radius 1 is 1.04 bits per heavy atom. The Bertz CT molecular complexity index is 880. The minimum absolute atomic E-state index is 0.0410. The molecular weight excluding hydrogens is 356 g/mol. The summed E-state index contributed by atoms with van der Waals surface area (Å²) in [6, 6.07) is 8.75. The van der Waals surface area contributed by atoms with E-state index < -0.39 is 35.6 Å². The zero-order valence-electron chi connectivity index (χ0n) is 14.4. The Kier molecular flexibility index (Phi) is 5.59. The molecule has 5 nitrogen and oxygen atoms in total. The molecule has 27 heavy (non-hydrogen) atoms. The molecule has 0 spiro atoms. The molecule has 1 fully saturated rings. The molecule has 0 atom stereocenters. The van der Waals surface area contributed by atoms with Crippen LogP contribution in [0.3, 0.4) is 0 Å². The van der Waals surface area contributed by atoms with Crippen molar-refractivity contribution >= 4 is 23.3 Å². The van der Waals surface area contributed by atoms with Crippen LogP contribution in [-0.2, 0) is 9.53 Å². The third-order valence-electron chi connectivity index (χ3n) is 4.30. The minimum atomic E-state index is -0.881. The van der Waals surface area contributed by atoms with Crippen LogP contribution in [-0.4, -0.2) is 30.8 Å². The third-order valence-corrected chi connectivity index (χ3v) is 4.30. The van der Waals surface area contributed by atoms with Crippen molar-refractivity contribution < 1.29 is 27.9 Å². The van der Waals surface area contributed by atoms with Crippen LogP contribution in [0.15, 0.2) is 42.5 Å². The molecule has 1 amide bonds. The summed E-state index contributed by atoms with van der Waals surface area (Å²) >= 11 is 0. The summed E-state index contributed by atoms with van der Waals surface area (Å²) in [6.07, 6.45) is 2.30. The van der Waals surface area contributed by atoms with Crippen LogP contribution in [0, 0.1) is 11.6 Å². The fraction of sp³-hybridized carbons (Fsp3) is 0.250. The molecule has 2 aromatic rings. The molecule has 0 radical (unpaired) electrons. The fourth-order valence-corrected chi connectivity index (χ4v) is 2.86. The summed E-state index contributed by atoms with van der Waals surface area (Å²) in [5.74, 6) is -3.20. The molecule has 1 aliphatic rings. The SMILES string of the molecule is O=C(OCC(=O)c1cc(F)ccc1F)c1ccc(N2CCCCC2=O)cc1. The molecule has 0 aromatic heterocycles. The van der Waals surface area contributed by atoms with Crippen molar-refractivity contribution in [1.29, 1.82) is 0 Å². The number of rotatable bonds is 5. The Morgan fingerprint density at radius 3 is 2.48 bits per heavy atom. The molecule has 0 bridgehead atoms. The number of benzene rings is 2. The summed E-state index contributed by atoms with van der Waals surface area (Å²) in [4.78, 5) is 37.6. The van der Waals surface area contributed by atoms with Crippen LogP contribution >= 0.6 is 0 Å². The number of anilines is 1. The highest BCUT2D eigenvalue weighted by Gasteiger charge is 2.20. The first-order valence-corrected chi connectivity index (χ1v) is 8.51. The van der Waals surface area contributed by atoms with Gasteiger partial charge in [-0.25, -0.2) is 13.6 Å². The number of hydrogen-bond donors (Lipinski definition) is 0. The quantitative estimate of drug-likeness (QED) is 0.594. The average Bonchev–Trinajstić information content (AvgIpc) is 2.68. The van der Waals surface area contributed by atoms with E-state index in [0.29, 0.717) is 18.7 Å². The van der Waals surface area contributed by atoms with Crippen molar-refractivity contribution in [3.63, 3.8) is 0 Å². The zero-order chi connectivity index (χ0) is 19.4. The standard InChI is InChI=1S/C20H17F2NO4/c21-14-6-9-17(22)16(11-14)18(24)12-27-20(26)13-4-7-15(8-5-13)23-10-2-1-3-19(23)25/h4-9,11H,1-3,10,12H2. The molecule has 1 heterocycles. The van der Waals surface area contributed by atoms with Crippen molar-refractivity contribution in [2.75, 3.05) is 18.1 Å². The van der Waals surface area contributed by atoms with E-state index in [4.69, 9.17) is 4.74 Å². The van der Waals surface area contributed by atoms with E-state index in [1.54, 1.807) is 17.0 Å². The van der Waals surface area contributed by atoms with E-state index in [-0.39, 0.29) is 11.5 Å². The molecule has 1 saturated heterocycles. The van der Waals surface area contributed by atoms with Crippen molar-refractivity contribution in [3.05, 3.63) is 65.2 Å². The summed E-state index contributed by atoms with van der Waals surface area (Å²) in [5, 5.41) is 0. The Hall–Kier alpha value is -3.09. The lowest BCUT2D eigenvalue weighted by atomic mass is 10.1. The van der Waals surface area contributed by atoms with Crippen LogP contribution in [0.25, 0.3) is 0 Å². The van der Waals surface area contributed by atoms with Crippen molar-refractivity contribution in [1.82, 2.24) is 0 Å². The second-order valence-electron chi connectivity index (χ2n) is 6.17. The first-order chi connectivity index (χ1) is 13.0. The highest BCUT2D eigenvalue weighted by Crippen LogP contribution is 2.21. The molecular formula is C20H17F2NO4. The Labute approximate surface area is 154 Å². The molecule has 0 N–H and O–H groups in total. The van der Waals surface area contributed by atoms with Crippen molar-refractivity contribution in [3.8, 4) is 0 Å². The molecule has 0 unspecified atom stereocenters. The fourth-order valence-electron chi connectivity index (χ4n) is 2.86. The molecule has 140 valence electrons. The molecule has 0 aliphatic carbocycles. The Morgan fingerprint density at radius 2 is 1.78 bits per heavy atom. The van der Waals surface area contributed by atoms with Gasteiger partial charge in [0.25, 0.3) is 0 Å². The van der Waals surface area contributed by atoms with Crippen LogP contribution in [0.2, 0.25) is 0 Å². The maximum absolute atomic E-state index is 13.6. The Balaban J connectivity index is 1.62. The summed E-state index contributed by atoms with van der Waals surface area (Å²) in [5.41, 5.74) is 0.409. The van der Waals surface area contributed by atoms with Gasteiger partial charge in [0.15, 0.2) is 6.61 Å². The minimum Gasteiger partial charge on any atom is -0.454 e. The van der Waals surface area contributed by atoms with Gasteiger partial charge in [-0.15, -0.1) is 0 Å². The van der Waals surface area contributed by atoms with Crippen LogP contribution in [0.4, 0.5) is 14.5 Å². The summed E-state index contributed by atoms with van der Waals surface area (Å²) < 4.78 is 31.6. The summed E-state index contributed by atoms with van der Waals surface area (Å²) in [6.45, 7) is -0.0676. The number of ketones is 1. The molecule has 0 saturated carbocycles. The van der Waals surface area contributed by atoms with Crippen molar-refractivity contribution in [2.45, 2.75) is 19.3 Å². The monoisotopic (exact) mass is 373 g/mol. The van der Waals surface area contributed by atoms with Gasteiger partial charge in [0.2, 0.25) is 11.7 Å². The average molecular weight is 373 g/mol. The number of halogens is 2. The molecule has 7 heteroatoms. The summed E-state index contributed by atoms with van der Waals surface area (Å²) in [7, 11) is 0. The first-order valence-electron chi connectivity index (χ1n) is 8.51. The number of Topliss-reactive ketones (excluding diaryl/α,β-unsaturated/α-hetero) is 1. The maximum atomic E-state index is 13.6. The molecule has 1 aliphatic heterocycles. The van der Waals surface area contributed by atoms with Gasteiger partial charge in [-0.2, -0.15) is 0 Å². The highest BCUT2D eigenvalue weighted by atomic mass is 19.1. The van der Waals surface area contributed by atoms with E-state index in [0.717, 1.165) is 31.0 Å². The van der Waals surface area contributed by atoms with Gasteiger partial charge in [-0.3, -0.25) is 9.59 Å². The number of piperidine rings is 1. The van der Waals surface area contributed by atoms with Gasteiger partial charge >= 0.3 is 5.97 Å². The van der Waals surface area contributed by atoms with E-state index in [1.165, 1.54) is 12.1 Å². The number of ether oxygens (including phenoxy) is 1. The number of nitrogens with zero attached hydrogens (tertiary/aromatic N) is 1. The van der Waals surface area contributed by atoms with E-state index >= 15 is 0 Å². The second-order valence-corrected chi connectivity index (χ2v) is 6.17. The van der Waals surface area contributed by atoms with E-state index in [1.807, 2.05) is 0 Å². The number of hydrogen-bond acceptors (Lipinski definition) is 4. The lowest BCUT2D eigenvalue weighted by Gasteiger charge is -2.26. The number of amides is 1. The van der Waals surface area contributed by atoms with Crippen molar-refractivity contribution in [2.24, 2.45) is 0 Å². The smallest absolute Gasteiger partial charge is 0.338 e. The predicted molar refractivity (Wildman–Crippen MR) is 93.6 cm³/mol. The highest BCUT2D eigenvalue weighted by molar-refractivity contribution is 6.00. The lowest BCUT2D eigenvalue weighted by Crippen LogP contribution is -2.35. The van der Waals surface area contributed by atoms with Crippen LogP contribution in [0.1, 0.15) is 40.0 Å². The van der Waals surface area contributed by atoms with Gasteiger partial charge in [0.1, 0.15) is 11.6 Å². The number of esters is 1. The van der Waals surface area contributed by atoms with Gasteiger partial charge in [0, 0.05) is 18.7 Å². The van der Waals surface area contributed by atoms with Gasteiger partial charge < -0.3 is 9.64 Å². The van der Waals surface area contributed by atoms with E-state index in [9.17, 15) is 23.2 Å². The number of carbonyl (C=O) groups is 3. The second kappa shape index (κ2) is 8.07. The number of carbonyl (C=O) groups excluding carboxylic acids is 3. The third kappa shape index (κ3) is 4.36.